The Kier molecular flexibility index (Phi) is 10.5. The molecule has 0 fully saturated rings. The molecule has 24 heavy (non-hydrogen) atoms. The third-order valence-corrected chi connectivity index (χ3v) is 9.24. The summed E-state index contributed by atoms with van der Waals surface area (Å²) in [7, 11) is -1.30. The summed E-state index contributed by atoms with van der Waals surface area (Å²) in [6, 6.07) is 22.2. The summed E-state index contributed by atoms with van der Waals surface area (Å²) in [6.45, 7) is 4.56. The van der Waals surface area contributed by atoms with Gasteiger partial charge in [0.15, 0.2) is 0 Å². The van der Waals surface area contributed by atoms with Gasteiger partial charge in [0.1, 0.15) is 0 Å². The molecule has 0 N–H and O–H groups in total. The van der Waals surface area contributed by atoms with Crippen molar-refractivity contribution in [2.24, 2.45) is 0 Å². The number of allylic oxidation sites excluding steroid dienone is 4. The van der Waals surface area contributed by atoms with E-state index < -0.39 is 8.80 Å². The Hall–Kier alpha value is -0.279. The summed E-state index contributed by atoms with van der Waals surface area (Å²) >= 11 is 2.31. The van der Waals surface area contributed by atoms with Crippen molar-refractivity contribution < 1.29 is 57.7 Å². The van der Waals surface area contributed by atoms with Crippen molar-refractivity contribution in [3.63, 3.8) is 0 Å². The Balaban J connectivity index is 0.00000176. The van der Waals surface area contributed by atoms with Crippen LogP contribution in [0, 0.1) is 0 Å². The number of hydrogen-bond acceptors (Lipinski definition) is 0. The Morgan fingerprint density at radius 3 is 1.50 bits per heavy atom. The minimum absolute atomic E-state index is 0. The maximum absolute atomic E-state index is 2.31. The second-order valence-electron chi connectivity index (χ2n) is 5.74. The second kappa shape index (κ2) is 10.7. The Labute approximate surface area is 177 Å². The first-order chi connectivity index (χ1) is 10.2. The Bertz CT molecular complexity index is 672. The van der Waals surface area contributed by atoms with Crippen LogP contribution >= 0.6 is 0 Å². The SMILES string of the molecule is CC1=C(C)[C]([Ti+3])=C([SiH](c2ccccc2)c2ccccc2)C1.[Cl-].[Cl-].[Cl-]. The first-order valence-electron chi connectivity index (χ1n) is 7.39. The normalized spacial score (nSPS) is 13.4. The molecule has 0 unspecified atom stereocenters. The van der Waals surface area contributed by atoms with Crippen LogP contribution < -0.4 is 47.6 Å². The van der Waals surface area contributed by atoms with Crippen molar-refractivity contribution in [3.8, 4) is 0 Å². The maximum Gasteiger partial charge on any atom is -1.00 e. The van der Waals surface area contributed by atoms with Gasteiger partial charge in [-0.3, -0.25) is 0 Å². The van der Waals surface area contributed by atoms with Crippen molar-refractivity contribution in [1.82, 2.24) is 0 Å². The van der Waals surface area contributed by atoms with Crippen LogP contribution in [0.15, 0.2) is 80.9 Å². The molecule has 0 radical (unpaired) electrons. The molecule has 0 saturated carbocycles. The fourth-order valence-corrected chi connectivity index (χ4v) is 7.66. The van der Waals surface area contributed by atoms with E-state index in [4.69, 9.17) is 0 Å². The molecule has 0 heterocycles. The molecule has 124 valence electrons. The topological polar surface area (TPSA) is 0 Å². The molecule has 0 saturated heterocycles. The quantitative estimate of drug-likeness (QED) is 0.427. The smallest absolute Gasteiger partial charge is 1.00 e. The monoisotopic (exact) mass is 428 g/mol. The molecule has 0 nitrogen and oxygen atoms in total. The summed E-state index contributed by atoms with van der Waals surface area (Å²) in [5, 5.41) is 4.75. The van der Waals surface area contributed by atoms with Gasteiger partial charge in [-0.25, -0.2) is 0 Å². The van der Waals surface area contributed by atoms with E-state index in [1.165, 1.54) is 26.2 Å². The molecule has 1 aliphatic carbocycles. The van der Waals surface area contributed by atoms with Crippen LogP contribution in [0.5, 0.6) is 0 Å². The number of hydrogen-bond donors (Lipinski definition) is 0. The molecule has 3 rings (SSSR count). The summed E-state index contributed by atoms with van der Waals surface area (Å²) < 4.78 is 1.54. The second-order valence-corrected chi connectivity index (χ2v) is 9.41. The zero-order valence-corrected chi connectivity index (χ0v) is 18.7. The van der Waals surface area contributed by atoms with Gasteiger partial charge in [0.25, 0.3) is 0 Å². The molecule has 0 amide bonds. The fourth-order valence-electron chi connectivity index (χ4n) is 3.09. The van der Waals surface area contributed by atoms with Gasteiger partial charge in [0.05, 0.1) is 0 Å². The van der Waals surface area contributed by atoms with E-state index in [0.29, 0.717) is 0 Å². The van der Waals surface area contributed by atoms with Crippen molar-refractivity contribution in [1.29, 1.82) is 0 Å². The molecule has 0 spiro atoms. The zero-order valence-electron chi connectivity index (χ0n) is 13.7. The van der Waals surface area contributed by atoms with Crippen LogP contribution in [-0.4, -0.2) is 8.80 Å². The van der Waals surface area contributed by atoms with E-state index in [1.54, 1.807) is 10.8 Å². The summed E-state index contributed by atoms with van der Waals surface area (Å²) in [4.78, 5) is 0. The number of rotatable bonds is 3. The molecule has 0 atom stereocenters. The van der Waals surface area contributed by atoms with E-state index in [-0.39, 0.29) is 37.2 Å². The molecular weight excluding hydrogens is 411 g/mol. The average Bonchev–Trinajstić information content (AvgIpc) is 2.78. The molecule has 2 aromatic carbocycles. The van der Waals surface area contributed by atoms with Crippen molar-refractivity contribution in [2.75, 3.05) is 0 Å². The minimum Gasteiger partial charge on any atom is -1.00 e. The van der Waals surface area contributed by atoms with Gasteiger partial charge in [-0.15, -0.1) is 0 Å². The standard InChI is InChI=1S/C19H19Si.3ClH.Ti/c1-15-13-19(14-16(15)2)20(17-9-5-3-6-10-17)18-11-7-4-8-12-18;;;;/h3-12,20H,13H2,1-2H3;3*1H;/q;;;;+3/p-3. The Morgan fingerprint density at radius 2 is 1.17 bits per heavy atom. The molecule has 5 heteroatoms. The van der Waals surface area contributed by atoms with E-state index in [9.17, 15) is 0 Å². The van der Waals surface area contributed by atoms with Gasteiger partial charge in [0, 0.05) is 0 Å². The molecular formula is C19H19Cl3SiTi. The molecule has 2 aromatic rings. The third kappa shape index (κ3) is 4.88. The molecule has 1 aliphatic rings. The van der Waals surface area contributed by atoms with Gasteiger partial charge in [-0.2, -0.15) is 0 Å². The summed E-state index contributed by atoms with van der Waals surface area (Å²) in [6.07, 6.45) is 1.17. The van der Waals surface area contributed by atoms with Crippen molar-refractivity contribution in [3.05, 3.63) is 80.9 Å². The zero-order chi connectivity index (χ0) is 14.8. The van der Waals surface area contributed by atoms with E-state index in [1.807, 2.05) is 0 Å². The minimum atomic E-state index is -1.30. The molecule has 0 bridgehead atoms. The average molecular weight is 430 g/mol. The van der Waals surface area contributed by atoms with E-state index in [2.05, 4.69) is 94.9 Å². The van der Waals surface area contributed by atoms with Crippen molar-refractivity contribution >= 4 is 19.2 Å². The van der Waals surface area contributed by atoms with Crippen LogP contribution in [0.2, 0.25) is 0 Å². The summed E-state index contributed by atoms with van der Waals surface area (Å²) in [5.74, 6) is 0. The van der Waals surface area contributed by atoms with Gasteiger partial charge < -0.3 is 37.2 Å². The van der Waals surface area contributed by atoms with Gasteiger partial charge in [-0.05, 0) is 0 Å². The van der Waals surface area contributed by atoms with Crippen LogP contribution in [0.25, 0.3) is 0 Å². The fraction of sp³-hybridized carbons (Fsp3) is 0.158. The largest absolute Gasteiger partial charge is 1.00 e. The van der Waals surface area contributed by atoms with E-state index >= 15 is 0 Å². The molecule has 0 aromatic heterocycles. The third-order valence-electron chi connectivity index (χ3n) is 4.41. The predicted molar refractivity (Wildman–Crippen MR) is 89.3 cm³/mol. The number of halogens is 3. The molecule has 0 aliphatic heterocycles. The summed E-state index contributed by atoms with van der Waals surface area (Å²) in [5.41, 5.74) is 3.06. The predicted octanol–water partition coefficient (Wildman–Crippen LogP) is -5.88. The maximum atomic E-state index is 2.31. The first kappa shape index (κ1) is 23.7. The van der Waals surface area contributed by atoms with Crippen LogP contribution in [-0.2, 0) is 20.4 Å². The number of benzene rings is 2. The van der Waals surface area contributed by atoms with Gasteiger partial charge in [0.2, 0.25) is 0 Å². The first-order valence-corrected chi connectivity index (χ1v) is 9.91. The Morgan fingerprint density at radius 1 is 0.750 bits per heavy atom. The van der Waals surface area contributed by atoms with Gasteiger partial charge in [-0.1, -0.05) is 0 Å². The van der Waals surface area contributed by atoms with Crippen LogP contribution in [0.3, 0.4) is 0 Å². The van der Waals surface area contributed by atoms with Crippen LogP contribution in [0.4, 0.5) is 0 Å². The van der Waals surface area contributed by atoms with Crippen molar-refractivity contribution in [2.45, 2.75) is 20.3 Å². The van der Waals surface area contributed by atoms with Crippen LogP contribution in [0.1, 0.15) is 20.3 Å². The van der Waals surface area contributed by atoms with Gasteiger partial charge >= 0.3 is 141 Å². The van der Waals surface area contributed by atoms with E-state index in [0.717, 1.165) is 0 Å².